The van der Waals surface area contributed by atoms with Gasteiger partial charge in [-0.3, -0.25) is 9.59 Å². The van der Waals surface area contributed by atoms with Crippen LogP contribution in [-0.2, 0) is 33.8 Å². The highest BCUT2D eigenvalue weighted by atomic mass is 16.5. The third-order valence-electron chi connectivity index (χ3n) is 5.26. The second-order valence-corrected chi connectivity index (χ2v) is 8.60. The maximum Gasteiger partial charge on any atom is 0.374 e. The summed E-state index contributed by atoms with van der Waals surface area (Å²) in [5, 5.41) is 32.9. The van der Waals surface area contributed by atoms with Crippen LogP contribution in [0.1, 0.15) is 44.4 Å². The lowest BCUT2D eigenvalue weighted by Crippen LogP contribution is -2.46. The highest BCUT2D eigenvalue weighted by Gasteiger charge is 2.23. The molecular weight excluding hydrogens is 518 g/mol. The average molecular weight is 564 g/mol. The zero-order valence-electron chi connectivity index (χ0n) is 25.2. The number of hydrogen-bond acceptors (Lipinski definition) is 7. The number of carboxylic acids is 1. The number of carbonyl (C=O) groups is 2. The van der Waals surface area contributed by atoms with Crippen LogP contribution in [0.2, 0.25) is 13.6 Å². The summed E-state index contributed by atoms with van der Waals surface area (Å²) in [5.74, 6) is -1.33. The molecule has 0 bridgehead atoms. The van der Waals surface area contributed by atoms with Crippen molar-refractivity contribution in [3.63, 3.8) is 0 Å². The minimum absolute atomic E-state index is 0.229. The van der Waals surface area contributed by atoms with Crippen LogP contribution in [0.5, 0.6) is 0 Å². The molecule has 0 heterocycles. The first-order chi connectivity index (χ1) is 19.7. The summed E-state index contributed by atoms with van der Waals surface area (Å²) in [5.41, 5.74) is 2.88. The number of esters is 1. The van der Waals surface area contributed by atoms with E-state index in [2.05, 4.69) is 10.5 Å². The molecule has 0 aliphatic heterocycles. The Morgan fingerprint density at radius 3 is 1.37 bits per heavy atom. The first-order valence-electron chi connectivity index (χ1n) is 14.1. The fourth-order valence-electron chi connectivity index (χ4n) is 3.54. The van der Waals surface area contributed by atoms with Crippen LogP contribution in [0.3, 0.4) is 0 Å². The minimum Gasteiger partial charge on any atom is -0.480 e. The Kier molecular flexibility index (Phi) is 21.3. The topological polar surface area (TPSA) is 128 Å². The van der Waals surface area contributed by atoms with E-state index in [0.29, 0.717) is 12.8 Å². The lowest BCUT2D eigenvalue weighted by Gasteiger charge is -2.18. The van der Waals surface area contributed by atoms with Crippen molar-refractivity contribution in [1.29, 1.82) is 0 Å². The quantitative estimate of drug-likeness (QED) is 0.161. The molecule has 3 rings (SSSR count). The SMILES string of the molecule is CB(O)NC(Cc1ccccc1)C(=O)O.CB(O)NC(Cc1ccccc1)C(=O)OCc1ccccc1.CC.CC. The molecule has 0 aliphatic carbocycles. The van der Waals surface area contributed by atoms with E-state index in [0.717, 1.165) is 16.7 Å². The number of hydrogen-bond donors (Lipinski definition) is 5. The van der Waals surface area contributed by atoms with Gasteiger partial charge in [0, 0.05) is 0 Å². The maximum absolute atomic E-state index is 12.3. The number of benzene rings is 3. The Morgan fingerprint density at radius 1 is 0.659 bits per heavy atom. The normalized spacial score (nSPS) is 11.0. The molecule has 0 fully saturated rings. The lowest BCUT2D eigenvalue weighted by molar-refractivity contribution is -0.147. The summed E-state index contributed by atoms with van der Waals surface area (Å²) < 4.78 is 5.35. The molecule has 0 aromatic heterocycles. The average Bonchev–Trinajstić information content (AvgIpc) is 2.99. The van der Waals surface area contributed by atoms with Gasteiger partial charge < -0.3 is 30.3 Å². The van der Waals surface area contributed by atoms with E-state index in [1.807, 2.05) is 119 Å². The van der Waals surface area contributed by atoms with Crippen LogP contribution in [0.15, 0.2) is 91.0 Å². The molecule has 2 atom stereocenters. The van der Waals surface area contributed by atoms with Crippen LogP contribution in [-0.4, -0.2) is 53.3 Å². The molecule has 10 heteroatoms. The summed E-state index contributed by atoms with van der Waals surface area (Å²) in [6, 6.07) is 27.2. The van der Waals surface area contributed by atoms with Crippen LogP contribution in [0.4, 0.5) is 0 Å². The molecule has 3 aromatic carbocycles. The number of rotatable bonds is 12. The van der Waals surface area contributed by atoms with Crippen molar-refractivity contribution in [3.05, 3.63) is 108 Å². The molecule has 8 nitrogen and oxygen atoms in total. The summed E-state index contributed by atoms with van der Waals surface area (Å²) in [6.07, 6.45) is 0.834. The maximum atomic E-state index is 12.3. The first-order valence-corrected chi connectivity index (χ1v) is 14.1. The van der Waals surface area contributed by atoms with Gasteiger partial charge >= 0.3 is 26.0 Å². The van der Waals surface area contributed by atoms with Gasteiger partial charge in [0.25, 0.3) is 0 Å². The smallest absolute Gasteiger partial charge is 0.374 e. The van der Waals surface area contributed by atoms with E-state index in [-0.39, 0.29) is 12.6 Å². The monoisotopic (exact) mass is 564 g/mol. The molecule has 0 spiro atoms. The molecule has 3 aromatic rings. The number of nitrogens with one attached hydrogen (secondary N) is 2. The Morgan fingerprint density at radius 2 is 1.00 bits per heavy atom. The van der Waals surface area contributed by atoms with Crippen LogP contribution in [0, 0.1) is 0 Å². The standard InChI is InChI=1S/C17H20BNO3.C10H14BNO3.2C2H6/c1-18(21)19-16(12-14-8-4-2-5-9-14)17(20)22-13-15-10-6-3-7-11-15;1-11(15)12-9(10(13)14)7-8-5-3-2-4-6-8;2*1-2/h2-11,16,19,21H,12-13H2,1H3;2-6,9,12,15H,7H2,1H3,(H,13,14);2*1-2H3. The number of carbonyl (C=O) groups excluding carboxylic acids is 1. The Labute approximate surface area is 246 Å². The number of carboxylic acid groups (broad SMARTS) is 1. The predicted octanol–water partition coefficient (Wildman–Crippen LogP) is 4.48. The van der Waals surface area contributed by atoms with Crippen molar-refractivity contribution in [2.75, 3.05) is 0 Å². The van der Waals surface area contributed by atoms with Crippen LogP contribution in [0.25, 0.3) is 0 Å². The summed E-state index contributed by atoms with van der Waals surface area (Å²) in [4.78, 5) is 23.1. The molecule has 0 aliphatic rings. The molecule has 41 heavy (non-hydrogen) atoms. The van der Waals surface area contributed by atoms with Crippen LogP contribution >= 0.6 is 0 Å². The predicted molar refractivity (Wildman–Crippen MR) is 168 cm³/mol. The molecule has 0 amide bonds. The van der Waals surface area contributed by atoms with Gasteiger partial charge in [0.15, 0.2) is 0 Å². The van der Waals surface area contributed by atoms with E-state index in [9.17, 15) is 14.6 Å². The second-order valence-electron chi connectivity index (χ2n) is 8.60. The molecule has 222 valence electrons. The van der Waals surface area contributed by atoms with Gasteiger partial charge in [-0.05, 0) is 43.2 Å². The van der Waals surface area contributed by atoms with E-state index in [1.165, 1.54) is 6.82 Å². The molecule has 0 saturated heterocycles. The largest absolute Gasteiger partial charge is 0.480 e. The van der Waals surface area contributed by atoms with Gasteiger partial charge in [0.2, 0.25) is 0 Å². The number of aliphatic carboxylic acids is 1. The Hall–Kier alpha value is -3.43. The molecule has 2 unspecified atom stereocenters. The van der Waals surface area contributed by atoms with E-state index >= 15 is 0 Å². The molecule has 5 N–H and O–H groups in total. The van der Waals surface area contributed by atoms with Gasteiger partial charge in [-0.25, -0.2) is 0 Å². The van der Waals surface area contributed by atoms with Crippen molar-refractivity contribution >= 4 is 26.0 Å². The van der Waals surface area contributed by atoms with Crippen LogP contribution < -0.4 is 10.5 Å². The minimum atomic E-state index is -0.959. The Balaban J connectivity index is 0.000000735. The van der Waals surface area contributed by atoms with Gasteiger partial charge in [0.1, 0.15) is 18.7 Å². The van der Waals surface area contributed by atoms with Gasteiger partial charge in [-0.1, -0.05) is 119 Å². The zero-order valence-corrected chi connectivity index (χ0v) is 25.2. The van der Waals surface area contributed by atoms with Crippen molar-refractivity contribution in [1.82, 2.24) is 10.5 Å². The van der Waals surface area contributed by atoms with Gasteiger partial charge in [-0.2, -0.15) is 0 Å². The summed E-state index contributed by atoms with van der Waals surface area (Å²) in [7, 11) is -1.60. The van der Waals surface area contributed by atoms with E-state index in [4.69, 9.17) is 14.9 Å². The summed E-state index contributed by atoms with van der Waals surface area (Å²) >= 11 is 0. The highest BCUT2D eigenvalue weighted by molar-refractivity contribution is 6.46. The van der Waals surface area contributed by atoms with Gasteiger partial charge in [0.05, 0.1) is 0 Å². The van der Waals surface area contributed by atoms with E-state index < -0.39 is 32.2 Å². The second kappa shape index (κ2) is 23.3. The van der Waals surface area contributed by atoms with Gasteiger partial charge in [-0.15, -0.1) is 0 Å². The third-order valence-corrected chi connectivity index (χ3v) is 5.26. The fourth-order valence-corrected chi connectivity index (χ4v) is 3.54. The first kappa shape index (κ1) is 37.6. The Bertz CT molecular complexity index is 1060. The van der Waals surface area contributed by atoms with E-state index in [1.54, 1.807) is 6.82 Å². The van der Waals surface area contributed by atoms with Crippen molar-refractivity contribution in [3.8, 4) is 0 Å². The molecule has 0 radical (unpaired) electrons. The fraction of sp³-hybridized carbons (Fsp3) is 0.355. The van der Waals surface area contributed by atoms with Crippen molar-refractivity contribution < 1.29 is 29.5 Å². The lowest BCUT2D eigenvalue weighted by atomic mass is 9.86. The van der Waals surface area contributed by atoms with Crippen molar-refractivity contribution in [2.45, 2.75) is 72.9 Å². The molecule has 0 saturated carbocycles. The van der Waals surface area contributed by atoms with Crippen molar-refractivity contribution in [2.24, 2.45) is 0 Å². The highest BCUT2D eigenvalue weighted by Crippen LogP contribution is 2.08. The summed E-state index contributed by atoms with van der Waals surface area (Å²) in [6.45, 7) is 11.3. The third kappa shape index (κ3) is 17.8. The molecular formula is C31H46B2N2O6. The zero-order chi connectivity index (χ0) is 31.0. The number of ether oxygens (including phenoxy) is 1.